The number of hydrogen-bond donors (Lipinski definition) is 3. The first-order valence-electron chi connectivity index (χ1n) is 11.2. The van der Waals surface area contributed by atoms with Crippen LogP contribution < -0.4 is 0 Å². The molecule has 1 aromatic rings. The van der Waals surface area contributed by atoms with Gasteiger partial charge in [-0.05, 0) is 54.7 Å². The Morgan fingerprint density at radius 2 is 1.94 bits per heavy atom. The van der Waals surface area contributed by atoms with Crippen molar-refractivity contribution in [2.24, 2.45) is 17.3 Å². The number of benzene rings is 1. The first kappa shape index (κ1) is 24.0. The van der Waals surface area contributed by atoms with E-state index in [-0.39, 0.29) is 40.5 Å². The molecule has 2 saturated carbocycles. The van der Waals surface area contributed by atoms with Crippen LogP contribution in [0.1, 0.15) is 68.3 Å². The summed E-state index contributed by atoms with van der Waals surface area (Å²) in [5, 5.41) is 29.9. The summed E-state index contributed by atoms with van der Waals surface area (Å²) in [4.78, 5) is 23.4. The van der Waals surface area contributed by atoms with Gasteiger partial charge in [0, 0.05) is 18.1 Å². The fourth-order valence-electron chi connectivity index (χ4n) is 4.97. The maximum absolute atomic E-state index is 12.5. The Kier molecular flexibility index (Phi) is 8.00. The fourth-order valence-corrected chi connectivity index (χ4v) is 6.31. The quantitative estimate of drug-likeness (QED) is 0.459. The molecule has 0 spiro atoms. The standard InChI is InChI=1S/C25H34O5S/c1-16(2)14-25(11-4-12-25)22(28)6-3-5-19-20(26)13-21(27)23(19)31-15-17-7-9-18(10-8-17)24(29)30/h3,5,7-10,16,19-20,22-23,26,28H,4,6,11-15H2,1-2H3,(H,29,30)/b5-3+/t19-,20+,22?,23+/m0/s1. The summed E-state index contributed by atoms with van der Waals surface area (Å²) in [6.07, 6.45) is 7.87. The highest BCUT2D eigenvalue weighted by Crippen LogP contribution is 2.49. The zero-order valence-electron chi connectivity index (χ0n) is 18.4. The van der Waals surface area contributed by atoms with E-state index in [2.05, 4.69) is 13.8 Å². The van der Waals surface area contributed by atoms with Crippen LogP contribution in [0.25, 0.3) is 0 Å². The number of aromatic carboxylic acids is 1. The number of rotatable bonds is 10. The van der Waals surface area contributed by atoms with Gasteiger partial charge in [0.05, 0.1) is 23.0 Å². The van der Waals surface area contributed by atoms with Crippen molar-refractivity contribution in [3.8, 4) is 0 Å². The van der Waals surface area contributed by atoms with E-state index in [0.717, 1.165) is 24.8 Å². The van der Waals surface area contributed by atoms with E-state index in [1.54, 1.807) is 24.3 Å². The van der Waals surface area contributed by atoms with Gasteiger partial charge in [-0.15, -0.1) is 11.8 Å². The minimum Gasteiger partial charge on any atom is -0.478 e. The number of ketones is 1. The first-order chi connectivity index (χ1) is 14.7. The second-order valence-corrected chi connectivity index (χ2v) is 10.7. The highest BCUT2D eigenvalue weighted by molar-refractivity contribution is 7.99. The summed E-state index contributed by atoms with van der Waals surface area (Å²) in [5.74, 6) is -0.0418. The summed E-state index contributed by atoms with van der Waals surface area (Å²) in [6.45, 7) is 4.39. The van der Waals surface area contributed by atoms with Gasteiger partial charge in [0.15, 0.2) is 0 Å². The molecule has 0 bridgehead atoms. The molecule has 0 aromatic heterocycles. The van der Waals surface area contributed by atoms with Crippen LogP contribution in [-0.2, 0) is 10.5 Å². The number of Topliss-reactive ketones (excluding diaryl/α,β-unsaturated/α-hetero) is 1. The van der Waals surface area contributed by atoms with Crippen LogP contribution in [0.5, 0.6) is 0 Å². The number of aliphatic hydroxyl groups is 2. The van der Waals surface area contributed by atoms with Gasteiger partial charge < -0.3 is 15.3 Å². The lowest BCUT2D eigenvalue weighted by Crippen LogP contribution is -2.42. The molecular weight excluding hydrogens is 412 g/mol. The maximum atomic E-state index is 12.5. The molecule has 1 unspecified atom stereocenters. The monoisotopic (exact) mass is 446 g/mol. The molecule has 6 heteroatoms. The van der Waals surface area contributed by atoms with Crippen molar-refractivity contribution in [3.05, 3.63) is 47.5 Å². The number of hydrogen-bond acceptors (Lipinski definition) is 5. The minimum absolute atomic E-state index is 0.0267. The van der Waals surface area contributed by atoms with Gasteiger partial charge in [0.2, 0.25) is 0 Å². The number of thioether (sulfide) groups is 1. The van der Waals surface area contributed by atoms with E-state index in [9.17, 15) is 19.8 Å². The normalized spacial score (nSPS) is 26.4. The summed E-state index contributed by atoms with van der Waals surface area (Å²) >= 11 is 1.49. The van der Waals surface area contributed by atoms with Crippen molar-refractivity contribution in [3.63, 3.8) is 0 Å². The van der Waals surface area contributed by atoms with Gasteiger partial charge in [0.1, 0.15) is 5.78 Å². The highest BCUT2D eigenvalue weighted by Gasteiger charge is 2.43. The summed E-state index contributed by atoms with van der Waals surface area (Å²) in [6, 6.07) is 6.66. The topological polar surface area (TPSA) is 94.8 Å². The summed E-state index contributed by atoms with van der Waals surface area (Å²) in [7, 11) is 0. The van der Waals surface area contributed by atoms with E-state index in [0.29, 0.717) is 18.1 Å². The van der Waals surface area contributed by atoms with Crippen molar-refractivity contribution >= 4 is 23.5 Å². The van der Waals surface area contributed by atoms with Crippen LogP contribution >= 0.6 is 11.8 Å². The molecule has 2 aliphatic carbocycles. The summed E-state index contributed by atoms with van der Waals surface area (Å²) < 4.78 is 0. The number of carboxylic acid groups (broad SMARTS) is 1. The number of aliphatic hydroxyl groups excluding tert-OH is 2. The Bertz CT molecular complexity index is 797. The molecule has 4 atom stereocenters. The Hall–Kier alpha value is -1.63. The van der Waals surface area contributed by atoms with Gasteiger partial charge in [0.25, 0.3) is 0 Å². The molecule has 0 saturated heterocycles. The lowest BCUT2D eigenvalue weighted by molar-refractivity contribution is -0.117. The van der Waals surface area contributed by atoms with Crippen LogP contribution in [0.15, 0.2) is 36.4 Å². The molecule has 3 rings (SSSR count). The lowest BCUT2D eigenvalue weighted by Gasteiger charge is -2.46. The average molecular weight is 447 g/mol. The molecule has 5 nitrogen and oxygen atoms in total. The van der Waals surface area contributed by atoms with Gasteiger partial charge in [-0.3, -0.25) is 4.79 Å². The second kappa shape index (κ2) is 10.3. The predicted octanol–water partition coefficient (Wildman–Crippen LogP) is 4.46. The van der Waals surface area contributed by atoms with Crippen LogP contribution in [0, 0.1) is 17.3 Å². The minimum atomic E-state index is -0.960. The van der Waals surface area contributed by atoms with Gasteiger partial charge in [-0.1, -0.05) is 44.6 Å². The van der Waals surface area contributed by atoms with Gasteiger partial charge in [-0.2, -0.15) is 0 Å². The molecule has 31 heavy (non-hydrogen) atoms. The zero-order chi connectivity index (χ0) is 22.6. The van der Waals surface area contributed by atoms with Crippen LogP contribution in [0.3, 0.4) is 0 Å². The predicted molar refractivity (Wildman–Crippen MR) is 123 cm³/mol. The Balaban J connectivity index is 1.58. The van der Waals surface area contributed by atoms with Gasteiger partial charge in [-0.25, -0.2) is 4.79 Å². The molecule has 2 fully saturated rings. The smallest absolute Gasteiger partial charge is 0.335 e. The van der Waals surface area contributed by atoms with Crippen LogP contribution in [0.2, 0.25) is 0 Å². The number of carbonyl (C=O) groups is 2. The highest BCUT2D eigenvalue weighted by atomic mass is 32.2. The third kappa shape index (κ3) is 5.79. The van der Waals surface area contributed by atoms with Gasteiger partial charge >= 0.3 is 5.97 Å². The molecule has 1 aromatic carbocycles. The van der Waals surface area contributed by atoms with E-state index >= 15 is 0 Å². The van der Waals surface area contributed by atoms with Crippen molar-refractivity contribution in [2.75, 3.05) is 0 Å². The first-order valence-corrected chi connectivity index (χ1v) is 12.3. The van der Waals surface area contributed by atoms with Crippen molar-refractivity contribution in [2.45, 2.75) is 75.6 Å². The Morgan fingerprint density at radius 1 is 1.26 bits per heavy atom. The van der Waals surface area contributed by atoms with Crippen LogP contribution in [0.4, 0.5) is 0 Å². The molecule has 2 aliphatic rings. The SMILES string of the molecule is CC(C)CC1(C(O)C/C=C/[C@H]2[C@H](O)CC(=O)[C@@H]2SCc2ccc(C(=O)O)cc2)CCC1. The third-order valence-electron chi connectivity index (χ3n) is 6.74. The zero-order valence-corrected chi connectivity index (χ0v) is 19.2. The van der Waals surface area contributed by atoms with E-state index < -0.39 is 12.1 Å². The average Bonchev–Trinajstić information content (AvgIpc) is 2.95. The largest absolute Gasteiger partial charge is 0.478 e. The maximum Gasteiger partial charge on any atom is 0.335 e. The molecule has 0 aliphatic heterocycles. The van der Waals surface area contributed by atoms with E-state index in [1.165, 1.54) is 18.2 Å². The number of carboxylic acids is 1. The Labute approximate surface area is 188 Å². The molecule has 0 radical (unpaired) electrons. The van der Waals surface area contributed by atoms with Crippen molar-refractivity contribution < 1.29 is 24.9 Å². The molecule has 3 N–H and O–H groups in total. The van der Waals surface area contributed by atoms with Crippen LogP contribution in [-0.4, -0.2) is 44.5 Å². The molecular formula is C25H34O5S. The number of carbonyl (C=O) groups excluding carboxylic acids is 1. The van der Waals surface area contributed by atoms with E-state index in [1.807, 2.05) is 12.2 Å². The van der Waals surface area contributed by atoms with Crippen molar-refractivity contribution in [1.82, 2.24) is 0 Å². The second-order valence-electron chi connectivity index (χ2n) is 9.54. The molecule has 0 heterocycles. The molecule has 170 valence electrons. The molecule has 0 amide bonds. The van der Waals surface area contributed by atoms with E-state index in [4.69, 9.17) is 5.11 Å². The Morgan fingerprint density at radius 3 is 2.48 bits per heavy atom. The summed E-state index contributed by atoms with van der Waals surface area (Å²) in [5.41, 5.74) is 1.21. The fraction of sp³-hybridized carbons (Fsp3) is 0.600. The third-order valence-corrected chi connectivity index (χ3v) is 8.18. The van der Waals surface area contributed by atoms with Crippen molar-refractivity contribution in [1.29, 1.82) is 0 Å². The lowest BCUT2D eigenvalue weighted by atomic mass is 9.60.